The molecule has 7 heteroatoms. The number of carbonyl (C=O) groups excluding carboxylic acids is 1. The lowest BCUT2D eigenvalue weighted by atomic mass is 10.3. The first-order chi connectivity index (χ1) is 9.88. The second kappa shape index (κ2) is 7.30. The number of nitrogens with zero attached hydrogens (tertiary/aromatic N) is 6. The van der Waals surface area contributed by atoms with Gasteiger partial charge in [-0.3, -0.25) is 0 Å². The summed E-state index contributed by atoms with van der Waals surface area (Å²) in [5, 5.41) is 19.0. The van der Waals surface area contributed by atoms with Crippen LogP contribution >= 0.6 is 0 Å². The highest BCUT2D eigenvalue weighted by Crippen LogP contribution is 2.13. The van der Waals surface area contributed by atoms with Crippen LogP contribution in [-0.2, 0) is 4.79 Å². The molecular formula is C13H10N6O. The Hall–Kier alpha value is -3.18. The third kappa shape index (κ3) is 4.25. The van der Waals surface area contributed by atoms with E-state index in [1.807, 2.05) is 36.4 Å². The van der Waals surface area contributed by atoms with Crippen LogP contribution in [0.15, 0.2) is 86.4 Å². The van der Waals surface area contributed by atoms with Crippen molar-refractivity contribution in [2.24, 2.45) is 25.8 Å². The average molecular weight is 266 g/mol. The molecule has 0 aliphatic rings. The van der Waals surface area contributed by atoms with Crippen LogP contribution in [0, 0.1) is 0 Å². The van der Waals surface area contributed by atoms with Gasteiger partial charge in [0, 0.05) is 0 Å². The summed E-state index contributed by atoms with van der Waals surface area (Å²) in [6.07, 6.45) is 1.33. The van der Waals surface area contributed by atoms with Gasteiger partial charge in [-0.15, -0.1) is 10.2 Å². The molecule has 20 heavy (non-hydrogen) atoms. The maximum atomic E-state index is 10.3. The van der Waals surface area contributed by atoms with Gasteiger partial charge in [0.1, 0.15) is 0 Å². The summed E-state index contributed by atoms with van der Waals surface area (Å²) in [5.74, 6) is 0. The Kier molecular flexibility index (Phi) is 4.84. The van der Waals surface area contributed by atoms with Gasteiger partial charge in [-0.1, -0.05) is 36.4 Å². The van der Waals surface area contributed by atoms with Crippen molar-refractivity contribution in [1.82, 2.24) is 5.23 Å². The lowest BCUT2D eigenvalue weighted by molar-refractivity contribution is 0.278. The van der Waals surface area contributed by atoms with Crippen LogP contribution in [0.1, 0.15) is 0 Å². The molecule has 0 aromatic heterocycles. The lowest BCUT2D eigenvalue weighted by Crippen LogP contribution is -1.97. The van der Waals surface area contributed by atoms with Crippen molar-refractivity contribution in [1.29, 1.82) is 0 Å². The molecule has 98 valence electrons. The molecule has 0 heterocycles. The van der Waals surface area contributed by atoms with Crippen LogP contribution in [-0.4, -0.2) is 11.3 Å². The second-order valence-electron chi connectivity index (χ2n) is 3.51. The maximum Gasteiger partial charge on any atom is 0.261 e. The summed E-state index contributed by atoms with van der Waals surface area (Å²) < 4.78 is 0. The highest BCUT2D eigenvalue weighted by Gasteiger charge is 1.96. The first-order valence-corrected chi connectivity index (χ1v) is 5.70. The van der Waals surface area contributed by atoms with E-state index in [1.165, 1.54) is 6.08 Å². The van der Waals surface area contributed by atoms with Gasteiger partial charge in [0.25, 0.3) is 6.08 Å². The molecule has 2 aromatic carbocycles. The summed E-state index contributed by atoms with van der Waals surface area (Å²) >= 11 is 0. The monoisotopic (exact) mass is 266 g/mol. The Morgan fingerprint density at radius 2 is 1.20 bits per heavy atom. The smallest absolute Gasteiger partial charge is 0.209 e. The standard InChI is InChI=1S/C13H10N6O/c20-11-14-19(17-15-12-7-3-1-4-8-12)18-16-13-9-5-2-6-10-13/h1-10H. The van der Waals surface area contributed by atoms with Gasteiger partial charge < -0.3 is 0 Å². The third-order valence-corrected chi connectivity index (χ3v) is 2.12. The molecule has 0 aliphatic heterocycles. The molecule has 0 atom stereocenters. The van der Waals surface area contributed by atoms with Crippen molar-refractivity contribution in [2.75, 3.05) is 0 Å². The predicted octanol–water partition coefficient (Wildman–Crippen LogP) is 3.94. The van der Waals surface area contributed by atoms with Crippen molar-refractivity contribution < 1.29 is 4.79 Å². The Morgan fingerprint density at radius 3 is 1.60 bits per heavy atom. The van der Waals surface area contributed by atoms with E-state index in [1.54, 1.807) is 24.3 Å². The summed E-state index contributed by atoms with van der Waals surface area (Å²) in [6, 6.07) is 18.0. The fourth-order valence-corrected chi connectivity index (χ4v) is 1.27. The number of hydrogen-bond acceptors (Lipinski definition) is 6. The van der Waals surface area contributed by atoms with Crippen LogP contribution in [0.4, 0.5) is 11.4 Å². The summed E-state index contributed by atoms with van der Waals surface area (Å²) in [7, 11) is 0. The van der Waals surface area contributed by atoms with E-state index < -0.39 is 0 Å². The molecule has 0 bridgehead atoms. The molecule has 7 nitrogen and oxygen atoms in total. The fourth-order valence-electron chi connectivity index (χ4n) is 1.27. The van der Waals surface area contributed by atoms with Gasteiger partial charge >= 0.3 is 0 Å². The van der Waals surface area contributed by atoms with Crippen LogP contribution in [0.2, 0.25) is 0 Å². The maximum absolute atomic E-state index is 10.3. The highest BCUT2D eigenvalue weighted by atomic mass is 16.1. The van der Waals surface area contributed by atoms with Gasteiger partial charge in [0.2, 0.25) is 0 Å². The number of rotatable bonds is 5. The molecule has 0 saturated carbocycles. The quantitative estimate of drug-likeness (QED) is 0.355. The van der Waals surface area contributed by atoms with Crippen molar-refractivity contribution in [3.8, 4) is 0 Å². The Labute approximate surface area is 114 Å². The molecule has 0 unspecified atom stereocenters. The molecule has 0 amide bonds. The van der Waals surface area contributed by atoms with E-state index in [0.29, 0.717) is 16.6 Å². The first kappa shape index (κ1) is 13.3. The first-order valence-electron chi connectivity index (χ1n) is 5.70. The van der Waals surface area contributed by atoms with Crippen LogP contribution < -0.4 is 0 Å². The van der Waals surface area contributed by atoms with E-state index in [9.17, 15) is 4.79 Å². The van der Waals surface area contributed by atoms with Gasteiger partial charge in [0.15, 0.2) is 0 Å². The number of isocyanates is 1. The Morgan fingerprint density at radius 1 is 0.750 bits per heavy atom. The second-order valence-corrected chi connectivity index (χ2v) is 3.51. The molecule has 0 fully saturated rings. The third-order valence-electron chi connectivity index (χ3n) is 2.12. The minimum atomic E-state index is 0.605. The van der Waals surface area contributed by atoms with E-state index in [4.69, 9.17) is 0 Å². The SMILES string of the molecule is O=C=NN(N=Nc1ccccc1)N=Nc1ccccc1. The van der Waals surface area contributed by atoms with E-state index >= 15 is 0 Å². The number of hydrazone groups is 1. The topological polar surface area (TPSA) is 82.1 Å². The molecule has 0 N–H and O–H groups in total. The average Bonchev–Trinajstić information content (AvgIpc) is 2.52. The lowest BCUT2D eigenvalue weighted by Gasteiger charge is -1.98. The number of benzene rings is 2. The predicted molar refractivity (Wildman–Crippen MR) is 71.9 cm³/mol. The Bertz CT molecular complexity index is 585. The molecule has 0 spiro atoms. The van der Waals surface area contributed by atoms with Gasteiger partial charge in [0.05, 0.1) is 11.4 Å². The van der Waals surface area contributed by atoms with E-state index in [-0.39, 0.29) is 0 Å². The van der Waals surface area contributed by atoms with Crippen molar-refractivity contribution in [2.45, 2.75) is 0 Å². The zero-order chi connectivity index (χ0) is 14.0. The molecule has 2 aromatic rings. The van der Waals surface area contributed by atoms with Crippen molar-refractivity contribution in [3.05, 3.63) is 60.7 Å². The summed E-state index contributed by atoms with van der Waals surface area (Å²) in [5.41, 5.74) is 1.21. The zero-order valence-electron chi connectivity index (χ0n) is 10.4. The molecule has 0 saturated heterocycles. The largest absolute Gasteiger partial charge is 0.261 e. The molecule has 2 rings (SSSR count). The normalized spacial score (nSPS) is 10.6. The molecular weight excluding hydrogens is 256 g/mol. The van der Waals surface area contributed by atoms with Crippen LogP contribution in [0.25, 0.3) is 0 Å². The molecule has 0 radical (unpaired) electrons. The van der Waals surface area contributed by atoms with Crippen LogP contribution in [0.3, 0.4) is 0 Å². The van der Waals surface area contributed by atoms with Gasteiger partial charge in [-0.25, -0.2) is 4.79 Å². The molecule has 0 aliphatic carbocycles. The number of hydrogen-bond donors (Lipinski definition) is 0. The van der Waals surface area contributed by atoms with Crippen molar-refractivity contribution in [3.63, 3.8) is 0 Å². The summed E-state index contributed by atoms with van der Waals surface area (Å²) in [4.78, 5) is 10.3. The highest BCUT2D eigenvalue weighted by molar-refractivity contribution is 5.35. The summed E-state index contributed by atoms with van der Waals surface area (Å²) in [6.45, 7) is 0. The van der Waals surface area contributed by atoms with E-state index in [0.717, 1.165) is 0 Å². The van der Waals surface area contributed by atoms with Crippen LogP contribution in [0.5, 0.6) is 0 Å². The van der Waals surface area contributed by atoms with Crippen molar-refractivity contribution >= 4 is 17.5 Å². The zero-order valence-corrected chi connectivity index (χ0v) is 10.4. The van der Waals surface area contributed by atoms with E-state index in [2.05, 4.69) is 25.8 Å². The fraction of sp³-hybridized carbons (Fsp3) is 0. The minimum Gasteiger partial charge on any atom is -0.209 e. The van der Waals surface area contributed by atoms with Gasteiger partial charge in [-0.2, -0.15) is 0 Å². The Balaban J connectivity index is 2.10. The minimum absolute atomic E-state index is 0.605. The van der Waals surface area contributed by atoms with Gasteiger partial charge in [-0.05, 0) is 45.0 Å².